The fraction of sp³-hybridized carbons (Fsp3) is 0.955. The van der Waals surface area contributed by atoms with Gasteiger partial charge in [0.2, 0.25) is 0 Å². The number of carbonyl (C=O) groups excluding carboxylic acids is 1. The van der Waals surface area contributed by atoms with E-state index < -0.39 is 57.1 Å². The van der Waals surface area contributed by atoms with Crippen molar-refractivity contribution in [1.29, 1.82) is 0 Å². The molecule has 23 heteroatoms. The number of halogens is 17. The van der Waals surface area contributed by atoms with Gasteiger partial charge in [-0.1, -0.05) is 26.2 Å². The molecule has 0 bridgehead atoms. The number of rotatable bonds is 16. The molecule has 0 saturated heterocycles. The highest BCUT2D eigenvalue weighted by Gasteiger charge is 2.95. The van der Waals surface area contributed by atoms with Crippen molar-refractivity contribution < 1.29 is 92.4 Å². The van der Waals surface area contributed by atoms with Crippen LogP contribution in [0, 0.1) is 0 Å². The van der Waals surface area contributed by atoms with Crippen LogP contribution in [-0.2, 0) is 25.8 Å². The zero-order valence-corrected chi connectivity index (χ0v) is 25.4. The highest BCUT2D eigenvalue weighted by Crippen LogP contribution is 2.64. The largest absolute Gasteiger partial charge is 0.743 e. The van der Waals surface area contributed by atoms with E-state index in [1.54, 1.807) is 0 Å². The first-order chi connectivity index (χ1) is 19.5. The third-order valence-corrected chi connectivity index (χ3v) is 9.82. The minimum atomic E-state index is -8.92. The van der Waals surface area contributed by atoms with E-state index >= 15 is 0 Å². The van der Waals surface area contributed by atoms with Crippen molar-refractivity contribution in [3.05, 3.63) is 0 Å². The van der Waals surface area contributed by atoms with Crippen LogP contribution in [0.25, 0.3) is 0 Å². The van der Waals surface area contributed by atoms with E-state index in [1.807, 2.05) is 0 Å². The van der Waals surface area contributed by atoms with Gasteiger partial charge in [-0.05, 0) is 45.0 Å². The van der Waals surface area contributed by atoms with Crippen LogP contribution in [0.15, 0.2) is 0 Å². The van der Waals surface area contributed by atoms with Gasteiger partial charge in [0, 0.05) is 6.42 Å². The number of Topliss-reactive ketones (excluding diaryl/α,β-unsaturated/α-hetero) is 1. The summed E-state index contributed by atoms with van der Waals surface area (Å²) in [6, 6.07) is 0. The molecule has 0 saturated carbocycles. The lowest BCUT2D eigenvalue weighted by atomic mass is 9.91. The first kappa shape index (κ1) is 45.9. The van der Waals surface area contributed by atoms with Gasteiger partial charge in [-0.3, -0.25) is 4.79 Å². The van der Waals surface area contributed by atoms with Crippen LogP contribution in [-0.4, -0.2) is 82.0 Å². The molecule has 0 atom stereocenters. The van der Waals surface area contributed by atoms with Crippen LogP contribution in [0.3, 0.4) is 0 Å². The predicted octanol–water partition coefficient (Wildman–Crippen LogP) is 8.46. The summed E-state index contributed by atoms with van der Waals surface area (Å²) in [7, 11) is -7.86. The van der Waals surface area contributed by atoms with Crippen LogP contribution < -0.4 is 0 Å². The number of unbranched alkanes of at least 4 members (excludes halogenated alkanes) is 3. The predicted molar refractivity (Wildman–Crippen MR) is 127 cm³/mol. The van der Waals surface area contributed by atoms with Crippen molar-refractivity contribution in [3.8, 4) is 0 Å². The molecular weight excluding hydrogens is 715 g/mol. The number of carbonyl (C=O) groups is 1. The summed E-state index contributed by atoms with van der Waals surface area (Å²) in [5, 5.41) is -6.65. The molecule has 0 aliphatic heterocycles. The zero-order valence-electron chi connectivity index (χ0n) is 23.8. The van der Waals surface area contributed by atoms with Crippen LogP contribution in [0.5, 0.6) is 0 Å². The number of hydrogen-bond acceptors (Lipinski definition) is 4. The van der Waals surface area contributed by atoms with Crippen LogP contribution in [0.1, 0.15) is 66.7 Å². The van der Waals surface area contributed by atoms with E-state index in [1.165, 1.54) is 19.3 Å². The zero-order chi connectivity index (χ0) is 37.1. The van der Waals surface area contributed by atoms with Gasteiger partial charge in [-0.25, -0.2) is 8.42 Å². The summed E-state index contributed by atoms with van der Waals surface area (Å²) < 4.78 is 244. The molecule has 0 unspecified atom stereocenters. The van der Waals surface area contributed by atoms with E-state index in [-0.39, 0.29) is 10.9 Å². The summed E-state index contributed by atoms with van der Waals surface area (Å²) in [6.07, 6.45) is -2.25. The van der Waals surface area contributed by atoms with Gasteiger partial charge in [0.05, 0.1) is 0 Å². The van der Waals surface area contributed by atoms with Crippen molar-refractivity contribution in [2.45, 2.75) is 124 Å². The normalized spacial score (nSPS) is 15.1. The first-order valence-electron chi connectivity index (χ1n) is 12.4. The van der Waals surface area contributed by atoms with Gasteiger partial charge in [0.25, 0.3) is 0 Å². The Labute approximate surface area is 249 Å². The molecule has 0 N–H and O–H groups in total. The Balaban J connectivity index is 0. The smallest absolute Gasteiger partial charge is 0.460 e. The van der Waals surface area contributed by atoms with Gasteiger partial charge >= 0.3 is 47.0 Å². The Bertz CT molecular complexity index is 1060. The molecule has 0 aliphatic carbocycles. The minimum absolute atomic E-state index is 0.285. The summed E-state index contributed by atoms with van der Waals surface area (Å²) >= 11 is 0. The molecule has 0 radical (unpaired) electrons. The fourth-order valence-corrected chi connectivity index (χ4v) is 5.90. The van der Waals surface area contributed by atoms with Gasteiger partial charge in [0.1, 0.15) is 10.5 Å². The lowest BCUT2D eigenvalue weighted by Gasteiger charge is -2.42. The Morgan fingerprint density at radius 2 is 0.933 bits per heavy atom. The molecule has 45 heavy (non-hydrogen) atoms. The van der Waals surface area contributed by atoms with Crippen LogP contribution in [0.2, 0.25) is 0 Å². The third-order valence-electron chi connectivity index (χ3n) is 5.86. The van der Waals surface area contributed by atoms with Crippen molar-refractivity contribution in [3.63, 3.8) is 0 Å². The van der Waals surface area contributed by atoms with Crippen molar-refractivity contribution >= 4 is 26.8 Å². The lowest BCUT2D eigenvalue weighted by Crippen LogP contribution is -2.75. The first-order valence-corrected chi connectivity index (χ1v) is 15.3. The maximum atomic E-state index is 13.0. The Hall–Kier alpha value is -1.26. The summed E-state index contributed by atoms with van der Waals surface area (Å²) in [4.78, 5) is 11.8. The Morgan fingerprint density at radius 1 is 0.600 bits per heavy atom. The van der Waals surface area contributed by atoms with E-state index in [0.29, 0.717) is 16.3 Å². The molecule has 0 rings (SSSR count). The van der Waals surface area contributed by atoms with Crippen molar-refractivity contribution in [1.82, 2.24) is 0 Å². The summed E-state index contributed by atoms with van der Waals surface area (Å²) in [5.74, 6) is -50.8. The average Bonchev–Trinajstić information content (AvgIpc) is 2.83. The number of hydrogen-bond donors (Lipinski definition) is 0. The maximum Gasteiger partial charge on any atom is 0.460 e. The lowest BCUT2D eigenvalue weighted by molar-refractivity contribution is -0.458. The van der Waals surface area contributed by atoms with Gasteiger partial charge in [-0.2, -0.15) is 74.6 Å². The summed E-state index contributed by atoms with van der Waals surface area (Å²) in [5.41, 5.74) is 0. The molecule has 0 spiro atoms. The molecule has 0 aromatic rings. The van der Waals surface area contributed by atoms with E-state index in [2.05, 4.69) is 34.6 Å². The second-order valence-electron chi connectivity index (χ2n) is 9.98. The topological polar surface area (TPSA) is 74.3 Å². The quantitative estimate of drug-likeness (QED) is 0.0689. The molecule has 0 aromatic carbocycles. The second kappa shape index (κ2) is 14.9. The molecule has 4 nitrogen and oxygen atoms in total. The average molecular weight is 745 g/mol. The van der Waals surface area contributed by atoms with Crippen LogP contribution >= 0.6 is 0 Å². The summed E-state index contributed by atoms with van der Waals surface area (Å²) in [6.45, 7) is 11.2. The molecule has 0 heterocycles. The van der Waals surface area contributed by atoms with E-state index in [4.69, 9.17) is 0 Å². The second-order valence-corrected chi connectivity index (χ2v) is 14.5. The van der Waals surface area contributed by atoms with Crippen molar-refractivity contribution in [2.75, 3.05) is 5.75 Å². The Morgan fingerprint density at radius 3 is 1.22 bits per heavy atom. The minimum Gasteiger partial charge on any atom is -0.743 e. The van der Waals surface area contributed by atoms with Gasteiger partial charge in [0.15, 0.2) is 21.7 Å². The maximum absolute atomic E-state index is 13.0. The monoisotopic (exact) mass is 744 g/mol. The van der Waals surface area contributed by atoms with Gasteiger partial charge < -0.3 is 4.55 Å². The van der Waals surface area contributed by atoms with Crippen LogP contribution in [0.4, 0.5) is 74.6 Å². The molecule has 0 aromatic heterocycles. The van der Waals surface area contributed by atoms with E-state index in [9.17, 15) is 92.4 Å². The van der Waals surface area contributed by atoms with E-state index in [0.717, 1.165) is 18.6 Å². The fourth-order valence-electron chi connectivity index (χ4n) is 3.19. The number of alkyl halides is 17. The standard InChI is InChI=1S/C14H29OS.C8HF17O3S/c1-6-7-8-9-10-14(15)11-16(12(2)3)13(4)5;9-1(10,3(13,14)5(17,18)7(21,22)23)2(11,12)4(15,16)6(19,20)8(24,25)29(26,27)28/h12-13H,6-11H2,1-5H3;(H,26,27,28)/q+1;/p-1. The molecule has 0 amide bonds. The highest BCUT2D eigenvalue weighted by atomic mass is 32.2. The Kier molecular flexibility index (Phi) is 15.2. The molecule has 0 fully saturated rings. The highest BCUT2D eigenvalue weighted by molar-refractivity contribution is 7.98. The molecule has 272 valence electrons. The molecular formula is C22H29F17O4S2. The third kappa shape index (κ3) is 9.01. The SMILES string of the molecule is CCCCCCC(=O)C[S+](C(C)C)C(C)C.O=S(=O)([O-])C(F)(F)C(F)(F)C(F)(F)C(F)(F)C(F)(F)C(F)(F)C(F)(F)C(F)(F)F. The van der Waals surface area contributed by atoms with Gasteiger partial charge in [-0.15, -0.1) is 0 Å². The molecule has 0 aliphatic rings. The van der Waals surface area contributed by atoms with Crippen molar-refractivity contribution in [2.24, 2.45) is 0 Å². The number of ketones is 1.